The van der Waals surface area contributed by atoms with E-state index in [2.05, 4.69) is 5.10 Å². The molecule has 3 heterocycles. The van der Waals surface area contributed by atoms with Crippen molar-refractivity contribution in [1.82, 2.24) is 19.6 Å². The quantitative estimate of drug-likeness (QED) is 0.823. The lowest BCUT2D eigenvalue weighted by atomic mass is 9.95. The molecule has 1 aromatic heterocycles. The van der Waals surface area contributed by atoms with Crippen LogP contribution >= 0.6 is 0 Å². The molecule has 138 valence electrons. The maximum Gasteiger partial charge on any atom is 0.410 e. The van der Waals surface area contributed by atoms with Crippen LogP contribution < -0.4 is 0 Å². The molecule has 0 aromatic carbocycles. The molecule has 0 aliphatic carbocycles. The van der Waals surface area contributed by atoms with E-state index in [0.29, 0.717) is 13.0 Å². The van der Waals surface area contributed by atoms with E-state index in [9.17, 15) is 9.59 Å². The van der Waals surface area contributed by atoms with Gasteiger partial charge in [-0.25, -0.2) is 4.79 Å². The molecule has 2 saturated heterocycles. The molecule has 0 unspecified atom stereocenters. The number of piperidine rings is 1. The Hall–Kier alpha value is -2.05. The number of aryl methyl sites for hydroxylation is 1. The number of aromatic nitrogens is 2. The highest BCUT2D eigenvalue weighted by molar-refractivity contribution is 5.87. The van der Waals surface area contributed by atoms with Crippen LogP contribution in [-0.4, -0.2) is 56.3 Å². The molecule has 0 saturated carbocycles. The number of nitrogens with zero attached hydrogens (tertiary/aromatic N) is 4. The van der Waals surface area contributed by atoms with Crippen molar-refractivity contribution >= 4 is 12.0 Å². The van der Waals surface area contributed by atoms with Crippen LogP contribution in [0.3, 0.4) is 0 Å². The Morgan fingerprint density at radius 1 is 1.16 bits per heavy atom. The van der Waals surface area contributed by atoms with Gasteiger partial charge in [0.2, 0.25) is 5.91 Å². The number of carbonyl (C=O) groups is 2. The van der Waals surface area contributed by atoms with Crippen LogP contribution in [0.2, 0.25) is 0 Å². The lowest BCUT2D eigenvalue weighted by Gasteiger charge is -2.45. The highest BCUT2D eigenvalue weighted by Crippen LogP contribution is 2.33. The molecule has 2 aliphatic rings. The monoisotopic (exact) mass is 348 g/mol. The fraction of sp³-hybridized carbons (Fsp3) is 0.722. The number of likely N-dealkylation sites (tertiary alicyclic amines) is 2. The molecule has 3 rings (SSSR count). The van der Waals surface area contributed by atoms with Crippen molar-refractivity contribution in [2.45, 2.75) is 64.1 Å². The first-order chi connectivity index (χ1) is 11.8. The van der Waals surface area contributed by atoms with E-state index in [1.54, 1.807) is 11.1 Å². The van der Waals surface area contributed by atoms with Crippen molar-refractivity contribution in [3.63, 3.8) is 0 Å². The summed E-state index contributed by atoms with van der Waals surface area (Å²) in [4.78, 5) is 28.9. The number of rotatable bonds is 2. The van der Waals surface area contributed by atoms with Gasteiger partial charge in [0.1, 0.15) is 11.6 Å². The number of ether oxygens (including phenoxy) is 1. The van der Waals surface area contributed by atoms with Crippen LogP contribution in [0.15, 0.2) is 12.3 Å². The molecular weight excluding hydrogens is 320 g/mol. The van der Waals surface area contributed by atoms with Crippen molar-refractivity contribution in [1.29, 1.82) is 0 Å². The van der Waals surface area contributed by atoms with Crippen LogP contribution in [0.1, 0.15) is 58.2 Å². The molecule has 0 spiro atoms. The first-order valence-electron chi connectivity index (χ1n) is 9.06. The average Bonchev–Trinajstić information content (AvgIpc) is 2.90. The summed E-state index contributed by atoms with van der Waals surface area (Å²) < 4.78 is 7.27. The van der Waals surface area contributed by atoms with Crippen LogP contribution in [0, 0.1) is 0 Å². The topological polar surface area (TPSA) is 67.7 Å². The van der Waals surface area contributed by atoms with E-state index in [-0.39, 0.29) is 11.9 Å². The fourth-order valence-electron chi connectivity index (χ4n) is 3.59. The molecule has 25 heavy (non-hydrogen) atoms. The molecule has 7 nitrogen and oxygen atoms in total. The summed E-state index contributed by atoms with van der Waals surface area (Å²) in [5.74, 6) is 0.0306. The van der Waals surface area contributed by atoms with Crippen molar-refractivity contribution in [3.8, 4) is 0 Å². The molecular formula is C18H28N4O3. The van der Waals surface area contributed by atoms with Gasteiger partial charge in [-0.3, -0.25) is 14.4 Å². The van der Waals surface area contributed by atoms with E-state index in [1.807, 2.05) is 43.5 Å². The summed E-state index contributed by atoms with van der Waals surface area (Å²) in [6.45, 7) is 6.82. The lowest BCUT2D eigenvalue weighted by Crippen LogP contribution is -2.60. The minimum absolute atomic E-state index is 0.0306. The summed E-state index contributed by atoms with van der Waals surface area (Å²) in [5, 5.41) is 4.24. The number of hydrogen-bond acceptors (Lipinski definition) is 4. The second-order valence-electron chi connectivity index (χ2n) is 7.90. The molecule has 2 aliphatic heterocycles. The predicted octanol–water partition coefficient (Wildman–Crippen LogP) is 2.48. The summed E-state index contributed by atoms with van der Waals surface area (Å²) in [6.07, 6.45) is 5.10. The summed E-state index contributed by atoms with van der Waals surface area (Å²) in [7, 11) is 1.91. The highest BCUT2D eigenvalue weighted by atomic mass is 16.6. The maximum atomic E-state index is 13.1. The number of hydrogen-bond donors (Lipinski definition) is 0. The summed E-state index contributed by atoms with van der Waals surface area (Å²) in [5.41, 5.74) is 0.499. The molecule has 7 heteroatoms. The third kappa shape index (κ3) is 3.65. The van der Waals surface area contributed by atoms with Gasteiger partial charge in [-0.2, -0.15) is 5.10 Å². The maximum absolute atomic E-state index is 13.1. The number of amides is 2. The van der Waals surface area contributed by atoms with Crippen molar-refractivity contribution in [2.24, 2.45) is 7.05 Å². The van der Waals surface area contributed by atoms with Gasteiger partial charge in [0.15, 0.2) is 0 Å². The zero-order chi connectivity index (χ0) is 18.2. The zero-order valence-corrected chi connectivity index (χ0v) is 15.6. The fourth-order valence-corrected chi connectivity index (χ4v) is 3.59. The van der Waals surface area contributed by atoms with E-state index >= 15 is 0 Å². The molecule has 0 radical (unpaired) electrons. The second-order valence-corrected chi connectivity index (χ2v) is 7.90. The number of carbonyl (C=O) groups excluding carboxylic acids is 2. The normalized spacial score (nSPS) is 24.0. The first-order valence-corrected chi connectivity index (χ1v) is 9.06. The van der Waals surface area contributed by atoms with Crippen LogP contribution in [0.4, 0.5) is 4.79 Å². The largest absolute Gasteiger partial charge is 0.444 e. The van der Waals surface area contributed by atoms with Gasteiger partial charge in [0, 0.05) is 26.3 Å². The van der Waals surface area contributed by atoms with Gasteiger partial charge in [-0.1, -0.05) is 0 Å². The summed E-state index contributed by atoms with van der Waals surface area (Å²) >= 11 is 0. The summed E-state index contributed by atoms with van der Waals surface area (Å²) in [6, 6.07) is 1.61. The molecule has 2 fully saturated rings. The SMILES string of the molecule is Cn1nccc1[C@@H]1CCCCN1C(=O)[C@H]1CCN1C(=O)OC(C)(C)C. The van der Waals surface area contributed by atoms with Gasteiger partial charge >= 0.3 is 6.09 Å². The minimum Gasteiger partial charge on any atom is -0.444 e. The van der Waals surface area contributed by atoms with Crippen LogP contribution in [-0.2, 0) is 16.6 Å². The minimum atomic E-state index is -0.553. The van der Waals surface area contributed by atoms with Gasteiger partial charge in [-0.15, -0.1) is 0 Å². The standard InChI is InChI=1S/C18H28N4O3/c1-18(2,3)25-17(24)22-12-9-15(22)16(23)21-11-6-5-7-14(21)13-8-10-19-20(13)4/h8,10,14-15H,5-7,9,11-12H2,1-4H3/t14-,15+/m0/s1. The predicted molar refractivity (Wildman–Crippen MR) is 92.9 cm³/mol. The van der Waals surface area contributed by atoms with Crippen molar-refractivity contribution < 1.29 is 14.3 Å². The molecule has 2 amide bonds. The zero-order valence-electron chi connectivity index (χ0n) is 15.6. The van der Waals surface area contributed by atoms with Crippen LogP contribution in [0.5, 0.6) is 0 Å². The van der Waals surface area contributed by atoms with Crippen molar-refractivity contribution in [2.75, 3.05) is 13.1 Å². The van der Waals surface area contributed by atoms with Crippen molar-refractivity contribution in [3.05, 3.63) is 18.0 Å². The highest BCUT2D eigenvalue weighted by Gasteiger charge is 2.44. The Labute approximate surface area is 148 Å². The van der Waals surface area contributed by atoms with E-state index in [0.717, 1.165) is 31.5 Å². The van der Waals surface area contributed by atoms with E-state index < -0.39 is 17.7 Å². The van der Waals surface area contributed by atoms with E-state index in [1.165, 1.54) is 0 Å². The lowest BCUT2D eigenvalue weighted by molar-refractivity contribution is -0.145. The molecule has 0 bridgehead atoms. The Morgan fingerprint density at radius 2 is 1.92 bits per heavy atom. The third-order valence-corrected chi connectivity index (χ3v) is 4.92. The Balaban J connectivity index is 1.72. The first kappa shape index (κ1) is 17.8. The second kappa shape index (κ2) is 6.69. The van der Waals surface area contributed by atoms with Gasteiger partial charge < -0.3 is 9.64 Å². The Bertz CT molecular complexity index is 649. The smallest absolute Gasteiger partial charge is 0.410 e. The average molecular weight is 348 g/mol. The van der Waals surface area contributed by atoms with E-state index in [4.69, 9.17) is 4.74 Å². The Morgan fingerprint density at radius 3 is 2.48 bits per heavy atom. The molecule has 0 N–H and O–H groups in total. The third-order valence-electron chi connectivity index (χ3n) is 4.92. The molecule has 2 atom stereocenters. The van der Waals surface area contributed by atoms with Gasteiger partial charge in [-0.05, 0) is 52.5 Å². The Kier molecular flexibility index (Phi) is 4.75. The van der Waals surface area contributed by atoms with Crippen LogP contribution in [0.25, 0.3) is 0 Å². The van der Waals surface area contributed by atoms with Gasteiger partial charge in [0.05, 0.1) is 11.7 Å². The van der Waals surface area contributed by atoms with Gasteiger partial charge in [0.25, 0.3) is 0 Å². The molecule has 1 aromatic rings.